The lowest BCUT2D eigenvalue weighted by Gasteiger charge is -2.28. The lowest BCUT2D eigenvalue weighted by Crippen LogP contribution is -2.41. The number of carbonyl (C=O) groups excluding carboxylic acids is 1. The van der Waals surface area contributed by atoms with E-state index in [9.17, 15) is 14.7 Å². The number of hydrogen-bond donors (Lipinski definition) is 2. The van der Waals surface area contributed by atoms with Gasteiger partial charge >= 0.3 is 5.97 Å². The minimum Gasteiger partial charge on any atom is -0.481 e. The van der Waals surface area contributed by atoms with E-state index in [0.717, 1.165) is 0 Å². The molecule has 1 amide bonds. The van der Waals surface area contributed by atoms with E-state index in [2.05, 4.69) is 10.3 Å². The van der Waals surface area contributed by atoms with E-state index in [4.69, 9.17) is 5.73 Å². The first-order valence-corrected chi connectivity index (χ1v) is 6.99. The van der Waals surface area contributed by atoms with E-state index in [0.29, 0.717) is 18.7 Å². The largest absolute Gasteiger partial charge is 0.481 e. The number of nitrogens with zero attached hydrogens (tertiary/aromatic N) is 4. The van der Waals surface area contributed by atoms with Gasteiger partial charge in [-0.3, -0.25) is 9.59 Å². The molecule has 116 valence electrons. The Bertz CT molecular complexity index is 542. The molecule has 8 nitrogen and oxygen atoms in total. The van der Waals surface area contributed by atoms with Crippen molar-refractivity contribution in [3.8, 4) is 0 Å². The second kappa shape index (κ2) is 5.80. The van der Waals surface area contributed by atoms with E-state index < -0.39 is 11.4 Å². The number of carboxylic acids is 1. The van der Waals surface area contributed by atoms with Gasteiger partial charge < -0.3 is 15.7 Å². The molecule has 8 heteroatoms. The Morgan fingerprint density at radius 2 is 2.24 bits per heavy atom. The summed E-state index contributed by atoms with van der Waals surface area (Å²) in [7, 11) is 0. The van der Waals surface area contributed by atoms with E-state index in [-0.39, 0.29) is 31.5 Å². The van der Waals surface area contributed by atoms with Crippen LogP contribution in [0.2, 0.25) is 0 Å². The molecule has 0 aliphatic carbocycles. The van der Waals surface area contributed by atoms with Crippen LogP contribution in [0.5, 0.6) is 0 Å². The van der Waals surface area contributed by atoms with Crippen molar-refractivity contribution in [1.29, 1.82) is 0 Å². The highest BCUT2D eigenvalue weighted by atomic mass is 16.4. The molecular formula is C13H21N5O3. The Hall–Kier alpha value is -1.96. The van der Waals surface area contributed by atoms with Gasteiger partial charge in [-0.2, -0.15) is 0 Å². The molecule has 2 rings (SSSR count). The normalized spacial score (nSPS) is 22.0. The highest BCUT2D eigenvalue weighted by molar-refractivity contribution is 5.80. The second-order valence-electron chi connectivity index (χ2n) is 5.79. The lowest BCUT2D eigenvalue weighted by molar-refractivity contribution is -0.151. The zero-order valence-electron chi connectivity index (χ0n) is 12.3. The van der Waals surface area contributed by atoms with Gasteiger partial charge in [-0.15, -0.1) is 5.10 Å². The predicted molar refractivity (Wildman–Crippen MR) is 74.0 cm³/mol. The van der Waals surface area contributed by atoms with Crippen LogP contribution in [0, 0.1) is 11.3 Å². The molecule has 1 aromatic rings. The Kier molecular flexibility index (Phi) is 4.26. The predicted octanol–water partition coefficient (Wildman–Crippen LogP) is -0.304. The molecule has 1 aliphatic heterocycles. The van der Waals surface area contributed by atoms with Crippen LogP contribution in [0.15, 0.2) is 6.20 Å². The smallest absolute Gasteiger partial charge is 0.311 e. The molecule has 2 heterocycles. The molecule has 0 saturated carbocycles. The van der Waals surface area contributed by atoms with Crippen molar-refractivity contribution in [2.24, 2.45) is 17.1 Å². The molecule has 0 aromatic carbocycles. The summed E-state index contributed by atoms with van der Waals surface area (Å²) in [4.78, 5) is 25.4. The fourth-order valence-electron chi connectivity index (χ4n) is 2.69. The van der Waals surface area contributed by atoms with Crippen molar-refractivity contribution in [3.63, 3.8) is 0 Å². The molecule has 1 saturated heterocycles. The van der Waals surface area contributed by atoms with E-state index in [1.165, 1.54) is 4.68 Å². The summed E-state index contributed by atoms with van der Waals surface area (Å²) >= 11 is 0. The number of nitrogens with two attached hydrogens (primary N) is 1. The molecule has 0 bridgehead atoms. The average molecular weight is 295 g/mol. The quantitative estimate of drug-likeness (QED) is 0.770. The molecule has 21 heavy (non-hydrogen) atoms. The fraction of sp³-hybridized carbons (Fsp3) is 0.692. The fourth-order valence-corrected chi connectivity index (χ4v) is 2.69. The van der Waals surface area contributed by atoms with Crippen LogP contribution in [0.1, 0.15) is 26.0 Å². The van der Waals surface area contributed by atoms with Crippen LogP contribution in [-0.4, -0.2) is 50.0 Å². The molecule has 1 aliphatic rings. The summed E-state index contributed by atoms with van der Waals surface area (Å²) in [5.74, 6) is -1.01. The average Bonchev–Trinajstić information content (AvgIpc) is 3.05. The van der Waals surface area contributed by atoms with Crippen molar-refractivity contribution in [2.45, 2.75) is 33.4 Å². The Balaban J connectivity index is 2.03. The van der Waals surface area contributed by atoms with Gasteiger partial charge in [0.15, 0.2) is 0 Å². The molecular weight excluding hydrogens is 274 g/mol. The molecule has 1 fully saturated rings. The monoisotopic (exact) mass is 295 g/mol. The summed E-state index contributed by atoms with van der Waals surface area (Å²) < 4.78 is 1.43. The summed E-state index contributed by atoms with van der Waals surface area (Å²) in [5.41, 5.74) is 5.21. The van der Waals surface area contributed by atoms with Crippen LogP contribution in [0.4, 0.5) is 0 Å². The first kappa shape index (κ1) is 15.4. The van der Waals surface area contributed by atoms with Crippen LogP contribution in [0.3, 0.4) is 0 Å². The summed E-state index contributed by atoms with van der Waals surface area (Å²) in [6.45, 7) is 4.80. The molecule has 1 atom stereocenters. The minimum absolute atomic E-state index is 0.0250. The molecule has 1 unspecified atom stereocenters. The summed E-state index contributed by atoms with van der Waals surface area (Å²) in [6, 6.07) is 0. The van der Waals surface area contributed by atoms with E-state index >= 15 is 0 Å². The zero-order valence-corrected chi connectivity index (χ0v) is 12.3. The van der Waals surface area contributed by atoms with Crippen molar-refractivity contribution in [2.75, 3.05) is 13.1 Å². The number of amides is 1. The van der Waals surface area contributed by atoms with E-state index in [1.807, 2.05) is 13.8 Å². The van der Waals surface area contributed by atoms with Crippen LogP contribution < -0.4 is 5.73 Å². The van der Waals surface area contributed by atoms with Crippen LogP contribution in [0.25, 0.3) is 0 Å². The highest BCUT2D eigenvalue weighted by Gasteiger charge is 2.48. The summed E-state index contributed by atoms with van der Waals surface area (Å²) in [6.07, 6.45) is 2.11. The Morgan fingerprint density at radius 1 is 1.52 bits per heavy atom. The third kappa shape index (κ3) is 2.90. The van der Waals surface area contributed by atoms with Gasteiger partial charge in [0.05, 0.1) is 17.3 Å². The third-order valence-electron chi connectivity index (χ3n) is 4.28. The maximum Gasteiger partial charge on any atom is 0.311 e. The minimum atomic E-state index is -0.847. The number of hydrogen-bond acceptors (Lipinski definition) is 5. The van der Waals surface area contributed by atoms with Crippen molar-refractivity contribution in [3.05, 3.63) is 11.9 Å². The molecule has 0 radical (unpaired) electrons. The number of likely N-dealkylation sites (tertiary alicyclic amines) is 1. The topological polar surface area (TPSA) is 114 Å². The molecule has 1 aromatic heterocycles. The number of carbonyl (C=O) groups is 2. The van der Waals surface area contributed by atoms with Gasteiger partial charge in [0.2, 0.25) is 5.91 Å². The van der Waals surface area contributed by atoms with Gasteiger partial charge in [-0.1, -0.05) is 19.1 Å². The molecule has 3 N–H and O–H groups in total. The van der Waals surface area contributed by atoms with Gasteiger partial charge in [0.1, 0.15) is 6.54 Å². The first-order chi connectivity index (χ1) is 9.89. The van der Waals surface area contributed by atoms with Gasteiger partial charge in [-0.25, -0.2) is 4.68 Å². The second-order valence-corrected chi connectivity index (χ2v) is 5.79. The zero-order chi connectivity index (χ0) is 15.6. The summed E-state index contributed by atoms with van der Waals surface area (Å²) in [5, 5.41) is 17.1. The Labute approximate surface area is 122 Å². The SMILES string of the molecule is CC(C)C1(C(=O)O)CCN(C(=O)Cn2cc(CN)nn2)C1. The maximum atomic E-state index is 12.3. The lowest BCUT2D eigenvalue weighted by atomic mass is 9.76. The highest BCUT2D eigenvalue weighted by Crippen LogP contribution is 2.38. The first-order valence-electron chi connectivity index (χ1n) is 6.99. The number of aliphatic carboxylic acids is 1. The van der Waals surface area contributed by atoms with Gasteiger partial charge in [-0.05, 0) is 12.3 Å². The van der Waals surface area contributed by atoms with Gasteiger partial charge in [0, 0.05) is 19.6 Å². The van der Waals surface area contributed by atoms with Crippen molar-refractivity contribution >= 4 is 11.9 Å². The number of aromatic nitrogens is 3. The number of rotatable bonds is 5. The standard InChI is InChI=1S/C13H21N5O3/c1-9(2)13(12(20)21)3-4-17(8-13)11(19)7-18-6-10(5-14)15-16-18/h6,9H,3-5,7-8,14H2,1-2H3,(H,20,21). The number of carboxylic acid groups (broad SMARTS) is 1. The van der Waals surface area contributed by atoms with E-state index in [1.54, 1.807) is 11.1 Å². The van der Waals surface area contributed by atoms with Gasteiger partial charge in [0.25, 0.3) is 0 Å². The van der Waals surface area contributed by atoms with Crippen molar-refractivity contribution < 1.29 is 14.7 Å². The van der Waals surface area contributed by atoms with Crippen molar-refractivity contribution in [1.82, 2.24) is 19.9 Å². The Morgan fingerprint density at radius 3 is 2.71 bits per heavy atom. The molecule has 0 spiro atoms. The third-order valence-corrected chi connectivity index (χ3v) is 4.28. The maximum absolute atomic E-state index is 12.3. The van der Waals surface area contributed by atoms with Crippen LogP contribution in [-0.2, 0) is 22.7 Å². The van der Waals surface area contributed by atoms with Crippen LogP contribution >= 0.6 is 0 Å².